The van der Waals surface area contributed by atoms with Crippen LogP contribution in [0, 0.1) is 5.92 Å². The fraction of sp³-hybridized carbons (Fsp3) is 0.882. The van der Waals surface area contributed by atoms with Crippen LogP contribution in [0.25, 0.3) is 0 Å². The summed E-state index contributed by atoms with van der Waals surface area (Å²) >= 11 is 0. The number of carbonyl (C=O) groups is 2. The molecule has 1 saturated heterocycles. The van der Waals surface area contributed by atoms with Crippen LogP contribution in [0.4, 0.5) is 0 Å². The van der Waals surface area contributed by atoms with E-state index in [9.17, 15) is 9.59 Å². The quantitative estimate of drug-likeness (QED) is 0.799. The molecule has 124 valence electrons. The second-order valence-electron chi connectivity index (χ2n) is 7.21. The average molecular weight is 308 g/mol. The van der Waals surface area contributed by atoms with E-state index in [1.807, 2.05) is 9.80 Å². The molecule has 5 nitrogen and oxygen atoms in total. The zero-order valence-corrected chi connectivity index (χ0v) is 13.8. The van der Waals surface area contributed by atoms with Crippen molar-refractivity contribution in [1.82, 2.24) is 9.80 Å². The van der Waals surface area contributed by atoms with Crippen LogP contribution in [-0.4, -0.2) is 60.0 Å². The monoisotopic (exact) mass is 308 g/mol. The Kier molecular flexibility index (Phi) is 4.44. The molecular weight excluding hydrogens is 280 g/mol. The molecule has 2 saturated carbocycles. The van der Waals surface area contributed by atoms with Crippen molar-refractivity contribution in [2.24, 2.45) is 5.92 Å². The number of carbonyl (C=O) groups excluding carboxylic acids is 2. The van der Waals surface area contributed by atoms with E-state index in [1.54, 1.807) is 14.0 Å². The Morgan fingerprint density at radius 3 is 2.36 bits per heavy atom. The van der Waals surface area contributed by atoms with Crippen molar-refractivity contribution in [3.8, 4) is 0 Å². The Morgan fingerprint density at radius 1 is 1.14 bits per heavy atom. The fourth-order valence-electron chi connectivity index (χ4n) is 4.37. The molecule has 1 aliphatic heterocycles. The second kappa shape index (κ2) is 6.19. The molecule has 1 spiro atoms. The predicted octanol–water partition coefficient (Wildman–Crippen LogP) is 1.80. The van der Waals surface area contributed by atoms with E-state index in [4.69, 9.17) is 4.74 Å². The number of hydrogen-bond donors (Lipinski definition) is 0. The van der Waals surface area contributed by atoms with Gasteiger partial charge in [-0.15, -0.1) is 0 Å². The molecule has 2 aliphatic carbocycles. The van der Waals surface area contributed by atoms with Crippen LogP contribution in [0.2, 0.25) is 0 Å². The summed E-state index contributed by atoms with van der Waals surface area (Å²) in [5.74, 6) is 0.697. The normalized spacial score (nSPS) is 26.1. The van der Waals surface area contributed by atoms with Crippen LogP contribution in [0.3, 0.4) is 0 Å². The summed E-state index contributed by atoms with van der Waals surface area (Å²) in [6.07, 6.45) is 7.53. The number of ether oxygens (including phenoxy) is 1. The zero-order valence-electron chi connectivity index (χ0n) is 13.8. The fourth-order valence-corrected chi connectivity index (χ4v) is 4.37. The van der Waals surface area contributed by atoms with Gasteiger partial charge in [-0.2, -0.15) is 0 Å². The first-order chi connectivity index (χ1) is 10.6. The zero-order chi connectivity index (χ0) is 15.7. The SMILES string of the molecule is COC(C(=O)N1CCN(C(C)=O)C2(CCCCC2)C1)C1CC1. The smallest absolute Gasteiger partial charge is 0.252 e. The molecule has 0 aromatic heterocycles. The summed E-state index contributed by atoms with van der Waals surface area (Å²) in [5, 5.41) is 0. The summed E-state index contributed by atoms with van der Waals surface area (Å²) in [6, 6.07) is 0. The minimum absolute atomic E-state index is 0.125. The highest BCUT2D eigenvalue weighted by atomic mass is 16.5. The van der Waals surface area contributed by atoms with E-state index in [-0.39, 0.29) is 23.5 Å². The highest BCUT2D eigenvalue weighted by Crippen LogP contribution is 2.39. The van der Waals surface area contributed by atoms with E-state index in [1.165, 1.54) is 6.42 Å². The highest BCUT2D eigenvalue weighted by molar-refractivity contribution is 5.82. The van der Waals surface area contributed by atoms with Crippen LogP contribution in [0.15, 0.2) is 0 Å². The Morgan fingerprint density at radius 2 is 1.82 bits per heavy atom. The van der Waals surface area contributed by atoms with Crippen molar-refractivity contribution in [3.63, 3.8) is 0 Å². The molecule has 3 rings (SSSR count). The minimum Gasteiger partial charge on any atom is -0.371 e. The number of piperazine rings is 1. The van der Waals surface area contributed by atoms with Crippen LogP contribution in [0.5, 0.6) is 0 Å². The van der Waals surface area contributed by atoms with E-state index in [2.05, 4.69) is 0 Å². The van der Waals surface area contributed by atoms with Gasteiger partial charge in [0.25, 0.3) is 5.91 Å². The van der Waals surface area contributed by atoms with E-state index >= 15 is 0 Å². The van der Waals surface area contributed by atoms with Gasteiger partial charge in [0, 0.05) is 33.7 Å². The van der Waals surface area contributed by atoms with Gasteiger partial charge in [0.15, 0.2) is 0 Å². The maximum atomic E-state index is 12.8. The predicted molar refractivity (Wildman–Crippen MR) is 83.3 cm³/mol. The lowest BCUT2D eigenvalue weighted by Crippen LogP contribution is -2.66. The molecule has 1 atom stereocenters. The van der Waals surface area contributed by atoms with Gasteiger partial charge in [0.1, 0.15) is 6.10 Å². The maximum Gasteiger partial charge on any atom is 0.252 e. The topological polar surface area (TPSA) is 49.9 Å². The maximum absolute atomic E-state index is 12.8. The van der Waals surface area contributed by atoms with E-state index < -0.39 is 0 Å². The number of amides is 2. The molecule has 1 heterocycles. The molecule has 0 aromatic carbocycles. The Balaban J connectivity index is 1.75. The van der Waals surface area contributed by atoms with Gasteiger partial charge in [-0.3, -0.25) is 9.59 Å². The van der Waals surface area contributed by atoms with Gasteiger partial charge < -0.3 is 14.5 Å². The summed E-state index contributed by atoms with van der Waals surface area (Å²) in [5.41, 5.74) is -0.125. The van der Waals surface area contributed by atoms with Crippen molar-refractivity contribution in [3.05, 3.63) is 0 Å². The van der Waals surface area contributed by atoms with E-state index in [0.717, 1.165) is 38.5 Å². The second-order valence-corrected chi connectivity index (χ2v) is 7.21. The molecular formula is C17H28N2O3. The molecule has 0 N–H and O–H groups in total. The lowest BCUT2D eigenvalue weighted by Gasteiger charge is -2.53. The van der Waals surface area contributed by atoms with Crippen LogP contribution >= 0.6 is 0 Å². The number of rotatable bonds is 3. The molecule has 0 bridgehead atoms. The first-order valence-electron chi connectivity index (χ1n) is 8.67. The largest absolute Gasteiger partial charge is 0.371 e. The number of hydrogen-bond acceptors (Lipinski definition) is 3. The van der Waals surface area contributed by atoms with Gasteiger partial charge in [-0.1, -0.05) is 19.3 Å². The van der Waals surface area contributed by atoms with Gasteiger partial charge in [0.2, 0.25) is 5.91 Å². The van der Waals surface area contributed by atoms with Crippen LogP contribution in [0.1, 0.15) is 51.9 Å². The Bertz CT molecular complexity index is 441. The van der Waals surface area contributed by atoms with Crippen molar-refractivity contribution < 1.29 is 14.3 Å². The first kappa shape index (κ1) is 15.8. The summed E-state index contributed by atoms with van der Waals surface area (Å²) < 4.78 is 5.47. The first-order valence-corrected chi connectivity index (χ1v) is 8.67. The molecule has 0 aromatic rings. The van der Waals surface area contributed by atoms with E-state index in [0.29, 0.717) is 25.6 Å². The standard InChI is InChI=1S/C17H28N2O3/c1-13(20)19-11-10-18(12-17(19)8-4-3-5-9-17)16(21)15(22-2)14-6-7-14/h14-15H,3-12H2,1-2H3. The van der Waals surface area contributed by atoms with Gasteiger partial charge in [0.05, 0.1) is 5.54 Å². The molecule has 22 heavy (non-hydrogen) atoms. The van der Waals surface area contributed by atoms with Crippen molar-refractivity contribution in [1.29, 1.82) is 0 Å². The average Bonchev–Trinajstić information content (AvgIpc) is 3.33. The molecule has 1 unspecified atom stereocenters. The molecule has 3 aliphatic rings. The summed E-state index contributed by atoms with van der Waals surface area (Å²) in [6.45, 7) is 3.67. The number of nitrogens with zero attached hydrogens (tertiary/aromatic N) is 2. The minimum atomic E-state index is -0.274. The van der Waals surface area contributed by atoms with Crippen molar-refractivity contribution >= 4 is 11.8 Å². The molecule has 0 radical (unpaired) electrons. The Hall–Kier alpha value is -1.10. The van der Waals surface area contributed by atoms with Gasteiger partial charge >= 0.3 is 0 Å². The lowest BCUT2D eigenvalue weighted by molar-refractivity contribution is -0.156. The van der Waals surface area contributed by atoms with Crippen molar-refractivity contribution in [2.45, 2.75) is 63.5 Å². The Labute approximate surface area is 133 Å². The third kappa shape index (κ3) is 2.87. The highest BCUT2D eigenvalue weighted by Gasteiger charge is 2.47. The van der Waals surface area contributed by atoms with Crippen LogP contribution in [-0.2, 0) is 14.3 Å². The molecule has 5 heteroatoms. The third-order valence-electron chi connectivity index (χ3n) is 5.67. The van der Waals surface area contributed by atoms with Gasteiger partial charge in [-0.05, 0) is 31.6 Å². The number of methoxy groups -OCH3 is 1. The summed E-state index contributed by atoms with van der Waals surface area (Å²) in [7, 11) is 1.64. The van der Waals surface area contributed by atoms with Gasteiger partial charge in [-0.25, -0.2) is 0 Å². The lowest BCUT2D eigenvalue weighted by atomic mass is 9.78. The van der Waals surface area contributed by atoms with Crippen LogP contribution < -0.4 is 0 Å². The van der Waals surface area contributed by atoms with Crippen molar-refractivity contribution in [2.75, 3.05) is 26.7 Å². The third-order valence-corrected chi connectivity index (χ3v) is 5.67. The molecule has 2 amide bonds. The summed E-state index contributed by atoms with van der Waals surface area (Å²) in [4.78, 5) is 28.9. The molecule has 3 fully saturated rings.